The molecule has 1 rings (SSSR count). The number of carbonyl (C=O) groups is 1. The summed E-state index contributed by atoms with van der Waals surface area (Å²) in [5, 5.41) is 6.83. The molecule has 1 unspecified atom stereocenters. The molecule has 1 heterocycles. The average molecular weight is 241 g/mol. The van der Waals surface area contributed by atoms with Crippen LogP contribution in [0.3, 0.4) is 0 Å². The van der Waals surface area contributed by atoms with Gasteiger partial charge in [0, 0.05) is 6.92 Å². The number of hydrogen-bond donors (Lipinski definition) is 1. The smallest absolute Gasteiger partial charge is 0.322 e. The summed E-state index contributed by atoms with van der Waals surface area (Å²) in [6.45, 7) is 4.21. The third kappa shape index (κ3) is 4.52. The lowest BCUT2D eigenvalue weighted by Crippen LogP contribution is -2.37. The summed E-state index contributed by atoms with van der Waals surface area (Å²) < 4.78 is 9.58. The van der Waals surface area contributed by atoms with Gasteiger partial charge in [-0.3, -0.25) is 10.1 Å². The van der Waals surface area contributed by atoms with Crippen LogP contribution in [0.4, 0.5) is 0 Å². The predicted octanol–water partition coefficient (Wildman–Crippen LogP) is 1.20. The minimum Gasteiger partial charge on any atom is -0.468 e. The molecule has 0 aliphatic heterocycles. The van der Waals surface area contributed by atoms with Crippen molar-refractivity contribution < 1.29 is 14.1 Å². The van der Waals surface area contributed by atoms with Gasteiger partial charge in [0.05, 0.1) is 13.7 Å². The van der Waals surface area contributed by atoms with E-state index < -0.39 is 0 Å². The highest BCUT2D eigenvalue weighted by molar-refractivity contribution is 5.75. The molecule has 96 valence electrons. The third-order valence-corrected chi connectivity index (χ3v) is 2.41. The van der Waals surface area contributed by atoms with Crippen LogP contribution >= 0.6 is 0 Å². The Morgan fingerprint density at radius 1 is 1.59 bits per heavy atom. The molecule has 0 saturated carbocycles. The molecule has 0 fully saturated rings. The third-order valence-electron chi connectivity index (χ3n) is 2.41. The molecule has 0 radical (unpaired) electrons. The van der Waals surface area contributed by atoms with E-state index in [0.29, 0.717) is 18.3 Å². The van der Waals surface area contributed by atoms with Gasteiger partial charge in [-0.05, 0) is 6.42 Å². The summed E-state index contributed by atoms with van der Waals surface area (Å²) >= 11 is 0. The zero-order chi connectivity index (χ0) is 12.7. The molecular formula is C11H19N3O3. The molecule has 0 saturated heterocycles. The maximum absolute atomic E-state index is 11.5. The fourth-order valence-corrected chi connectivity index (χ4v) is 1.48. The molecule has 1 aromatic rings. The summed E-state index contributed by atoms with van der Waals surface area (Å²) in [5.41, 5.74) is 0. The van der Waals surface area contributed by atoms with E-state index in [2.05, 4.69) is 22.4 Å². The standard InChI is InChI=1S/C11H19N3O3/c1-4-5-6-9(11(15)16-3)12-7-10-13-8(2)17-14-10/h9,12H,4-7H2,1-3H3. The highest BCUT2D eigenvalue weighted by atomic mass is 16.5. The number of nitrogens with one attached hydrogen (secondary N) is 1. The van der Waals surface area contributed by atoms with Crippen LogP contribution in [0, 0.1) is 6.92 Å². The summed E-state index contributed by atoms with van der Waals surface area (Å²) in [6, 6.07) is -0.307. The minimum atomic E-state index is -0.307. The second-order valence-electron chi connectivity index (χ2n) is 3.83. The number of ether oxygens (including phenoxy) is 1. The number of esters is 1. The number of nitrogens with zero attached hydrogens (tertiary/aromatic N) is 2. The van der Waals surface area contributed by atoms with E-state index in [0.717, 1.165) is 19.3 Å². The number of rotatable bonds is 7. The number of unbranched alkanes of at least 4 members (excludes halogenated alkanes) is 1. The van der Waals surface area contributed by atoms with Gasteiger partial charge in [0.2, 0.25) is 5.89 Å². The van der Waals surface area contributed by atoms with Gasteiger partial charge in [-0.2, -0.15) is 4.98 Å². The zero-order valence-electron chi connectivity index (χ0n) is 10.5. The first-order chi connectivity index (χ1) is 8.17. The lowest BCUT2D eigenvalue weighted by molar-refractivity contribution is -0.143. The van der Waals surface area contributed by atoms with Crippen LogP contribution in [-0.2, 0) is 16.1 Å². The van der Waals surface area contributed by atoms with Crippen molar-refractivity contribution in [1.29, 1.82) is 0 Å². The molecule has 0 spiro atoms. The summed E-state index contributed by atoms with van der Waals surface area (Å²) in [5.74, 6) is 0.816. The van der Waals surface area contributed by atoms with Crippen molar-refractivity contribution >= 4 is 5.97 Å². The molecular weight excluding hydrogens is 222 g/mol. The van der Waals surface area contributed by atoms with Crippen molar-refractivity contribution in [1.82, 2.24) is 15.5 Å². The Balaban J connectivity index is 2.45. The van der Waals surface area contributed by atoms with Crippen LogP contribution in [0.5, 0.6) is 0 Å². The summed E-state index contributed by atoms with van der Waals surface area (Å²) in [6.07, 6.45) is 2.76. The first-order valence-electron chi connectivity index (χ1n) is 5.77. The Kier molecular flexibility index (Phi) is 5.62. The van der Waals surface area contributed by atoms with E-state index in [1.807, 2.05) is 0 Å². The van der Waals surface area contributed by atoms with Gasteiger partial charge in [0.15, 0.2) is 5.82 Å². The lowest BCUT2D eigenvalue weighted by Gasteiger charge is -2.14. The quantitative estimate of drug-likeness (QED) is 0.723. The molecule has 0 bridgehead atoms. The van der Waals surface area contributed by atoms with E-state index in [1.165, 1.54) is 7.11 Å². The highest BCUT2D eigenvalue weighted by Crippen LogP contribution is 2.04. The molecule has 0 aromatic carbocycles. The van der Waals surface area contributed by atoms with Crippen molar-refractivity contribution in [3.63, 3.8) is 0 Å². The number of aryl methyl sites for hydroxylation is 1. The van der Waals surface area contributed by atoms with Crippen LogP contribution in [0.25, 0.3) is 0 Å². The molecule has 17 heavy (non-hydrogen) atoms. The topological polar surface area (TPSA) is 77.3 Å². The Labute approximate surface area is 101 Å². The van der Waals surface area contributed by atoms with E-state index in [9.17, 15) is 4.79 Å². The van der Waals surface area contributed by atoms with Crippen LogP contribution in [0.1, 0.15) is 37.9 Å². The van der Waals surface area contributed by atoms with E-state index in [4.69, 9.17) is 9.26 Å². The number of hydrogen-bond acceptors (Lipinski definition) is 6. The van der Waals surface area contributed by atoms with Crippen molar-refractivity contribution in [2.24, 2.45) is 0 Å². The lowest BCUT2D eigenvalue weighted by atomic mass is 10.1. The first-order valence-corrected chi connectivity index (χ1v) is 5.77. The monoisotopic (exact) mass is 241 g/mol. The van der Waals surface area contributed by atoms with E-state index in [-0.39, 0.29) is 12.0 Å². The SMILES string of the molecule is CCCCC(NCc1noc(C)n1)C(=O)OC. The molecule has 0 aliphatic rings. The fraction of sp³-hybridized carbons (Fsp3) is 0.727. The molecule has 1 N–H and O–H groups in total. The Hall–Kier alpha value is -1.43. The molecule has 0 amide bonds. The van der Waals surface area contributed by atoms with Crippen molar-refractivity contribution in [2.45, 2.75) is 45.7 Å². The Morgan fingerprint density at radius 2 is 2.35 bits per heavy atom. The van der Waals surface area contributed by atoms with Crippen molar-refractivity contribution in [2.75, 3.05) is 7.11 Å². The van der Waals surface area contributed by atoms with Gasteiger partial charge in [0.1, 0.15) is 6.04 Å². The number of carbonyl (C=O) groups excluding carboxylic acids is 1. The fourth-order valence-electron chi connectivity index (χ4n) is 1.48. The maximum atomic E-state index is 11.5. The number of methoxy groups -OCH3 is 1. The van der Waals surface area contributed by atoms with Crippen LogP contribution in [0.15, 0.2) is 4.52 Å². The second-order valence-corrected chi connectivity index (χ2v) is 3.83. The van der Waals surface area contributed by atoms with Gasteiger partial charge < -0.3 is 9.26 Å². The van der Waals surface area contributed by atoms with Crippen molar-refractivity contribution in [3.8, 4) is 0 Å². The van der Waals surface area contributed by atoms with E-state index in [1.54, 1.807) is 6.92 Å². The summed E-state index contributed by atoms with van der Waals surface area (Å²) in [4.78, 5) is 15.6. The molecule has 1 aromatic heterocycles. The Morgan fingerprint density at radius 3 is 2.88 bits per heavy atom. The van der Waals surface area contributed by atoms with Crippen LogP contribution in [-0.4, -0.2) is 29.3 Å². The van der Waals surface area contributed by atoms with Gasteiger partial charge in [-0.15, -0.1) is 0 Å². The maximum Gasteiger partial charge on any atom is 0.322 e. The molecule has 6 heteroatoms. The van der Waals surface area contributed by atoms with Crippen LogP contribution < -0.4 is 5.32 Å². The first kappa shape index (κ1) is 13.6. The molecule has 1 atom stereocenters. The van der Waals surface area contributed by atoms with Gasteiger partial charge >= 0.3 is 5.97 Å². The van der Waals surface area contributed by atoms with Gasteiger partial charge in [-0.25, -0.2) is 0 Å². The largest absolute Gasteiger partial charge is 0.468 e. The Bertz CT molecular complexity index is 351. The minimum absolute atomic E-state index is 0.251. The molecule has 6 nitrogen and oxygen atoms in total. The normalized spacial score (nSPS) is 12.4. The van der Waals surface area contributed by atoms with Crippen LogP contribution in [0.2, 0.25) is 0 Å². The van der Waals surface area contributed by atoms with Gasteiger partial charge in [0.25, 0.3) is 0 Å². The number of aromatic nitrogens is 2. The highest BCUT2D eigenvalue weighted by Gasteiger charge is 2.18. The summed E-state index contributed by atoms with van der Waals surface area (Å²) in [7, 11) is 1.39. The zero-order valence-corrected chi connectivity index (χ0v) is 10.5. The van der Waals surface area contributed by atoms with Crippen molar-refractivity contribution in [3.05, 3.63) is 11.7 Å². The average Bonchev–Trinajstić information content (AvgIpc) is 2.74. The van der Waals surface area contributed by atoms with E-state index >= 15 is 0 Å². The predicted molar refractivity (Wildman–Crippen MR) is 61.2 cm³/mol. The second kappa shape index (κ2) is 7.01. The molecule has 0 aliphatic carbocycles. The van der Waals surface area contributed by atoms with Gasteiger partial charge in [-0.1, -0.05) is 24.9 Å².